The van der Waals surface area contributed by atoms with Crippen molar-refractivity contribution in [3.63, 3.8) is 0 Å². The summed E-state index contributed by atoms with van der Waals surface area (Å²) in [4.78, 5) is 5.50. The quantitative estimate of drug-likeness (QED) is 0.209. The number of methoxy groups -OCH3 is 2. The van der Waals surface area contributed by atoms with Crippen LogP contribution in [0.1, 0.15) is 0 Å². The fourth-order valence-electron chi connectivity index (χ4n) is 2.08. The first-order valence-electron chi connectivity index (χ1n) is 7.64. The Hall–Kier alpha value is -1.61. The van der Waals surface area contributed by atoms with E-state index in [0.717, 1.165) is 23.9 Å². The number of anilines is 1. The summed E-state index contributed by atoms with van der Waals surface area (Å²) < 4.78 is 10.6. The standard InChI is InChI=1S/C18H23N3O2S.HI/c1-19-18(20-11-12-24-15-7-5-4-6-8-15)21-14-9-10-16(22-2)17(13-14)23-3;/h4-10,13H,11-12H2,1-3H3,(H2,19,20,21);1H. The fourth-order valence-corrected chi connectivity index (χ4v) is 2.87. The number of benzene rings is 2. The van der Waals surface area contributed by atoms with Crippen molar-refractivity contribution in [3.05, 3.63) is 48.5 Å². The molecule has 0 atom stereocenters. The number of nitrogens with zero attached hydrogens (tertiary/aromatic N) is 1. The predicted octanol–water partition coefficient (Wildman–Crippen LogP) is 4.10. The van der Waals surface area contributed by atoms with Crippen LogP contribution < -0.4 is 20.1 Å². The molecule has 2 aromatic carbocycles. The van der Waals surface area contributed by atoms with Gasteiger partial charge in [0.25, 0.3) is 0 Å². The molecule has 0 aromatic heterocycles. The largest absolute Gasteiger partial charge is 0.493 e. The van der Waals surface area contributed by atoms with Crippen molar-refractivity contribution in [1.29, 1.82) is 0 Å². The summed E-state index contributed by atoms with van der Waals surface area (Å²) in [5.41, 5.74) is 0.886. The first kappa shape index (κ1) is 21.4. The normalized spacial score (nSPS) is 10.6. The van der Waals surface area contributed by atoms with Crippen LogP contribution in [0.3, 0.4) is 0 Å². The molecule has 0 bridgehead atoms. The van der Waals surface area contributed by atoms with E-state index in [2.05, 4.69) is 27.8 Å². The van der Waals surface area contributed by atoms with Crippen molar-refractivity contribution in [2.24, 2.45) is 4.99 Å². The number of thioether (sulfide) groups is 1. The molecule has 0 saturated carbocycles. The number of hydrogen-bond acceptors (Lipinski definition) is 4. The summed E-state index contributed by atoms with van der Waals surface area (Å²) in [5.74, 6) is 3.05. The number of ether oxygens (including phenoxy) is 2. The van der Waals surface area contributed by atoms with Gasteiger partial charge in [-0.25, -0.2) is 0 Å². The molecule has 0 aliphatic carbocycles. The molecule has 0 radical (unpaired) electrons. The number of nitrogens with one attached hydrogen (secondary N) is 2. The van der Waals surface area contributed by atoms with E-state index in [9.17, 15) is 0 Å². The second-order valence-electron chi connectivity index (χ2n) is 4.86. The number of aliphatic imine (C=N–C) groups is 1. The average molecular weight is 473 g/mol. The highest BCUT2D eigenvalue weighted by molar-refractivity contribution is 14.0. The first-order chi connectivity index (χ1) is 11.8. The molecular weight excluding hydrogens is 449 g/mol. The Bertz CT molecular complexity index is 669. The first-order valence-corrected chi connectivity index (χ1v) is 8.63. The van der Waals surface area contributed by atoms with Crippen LogP contribution in [0.4, 0.5) is 5.69 Å². The van der Waals surface area contributed by atoms with Gasteiger partial charge in [0.1, 0.15) is 0 Å². The van der Waals surface area contributed by atoms with Crippen molar-refractivity contribution in [3.8, 4) is 11.5 Å². The Labute approximate surface area is 170 Å². The van der Waals surface area contributed by atoms with E-state index in [1.807, 2.05) is 48.2 Å². The maximum atomic E-state index is 5.31. The fraction of sp³-hybridized carbons (Fsp3) is 0.278. The third-order valence-electron chi connectivity index (χ3n) is 3.28. The number of rotatable bonds is 7. The molecule has 0 amide bonds. The van der Waals surface area contributed by atoms with Crippen molar-refractivity contribution in [1.82, 2.24) is 5.32 Å². The van der Waals surface area contributed by atoms with Crippen LogP contribution >= 0.6 is 35.7 Å². The Morgan fingerprint density at radius 2 is 1.76 bits per heavy atom. The zero-order valence-corrected chi connectivity index (χ0v) is 17.8. The SMILES string of the molecule is CN=C(NCCSc1ccccc1)Nc1ccc(OC)c(OC)c1.I. The Morgan fingerprint density at radius 1 is 1.04 bits per heavy atom. The molecule has 2 aromatic rings. The van der Waals surface area contributed by atoms with Crippen LogP contribution in [0.2, 0.25) is 0 Å². The van der Waals surface area contributed by atoms with Crippen molar-refractivity contribution in [2.75, 3.05) is 38.9 Å². The van der Waals surface area contributed by atoms with Gasteiger partial charge in [0, 0.05) is 36.0 Å². The highest BCUT2D eigenvalue weighted by Crippen LogP contribution is 2.29. The minimum absolute atomic E-state index is 0. The topological polar surface area (TPSA) is 54.9 Å². The highest BCUT2D eigenvalue weighted by Gasteiger charge is 2.06. The summed E-state index contributed by atoms with van der Waals surface area (Å²) in [7, 11) is 4.99. The van der Waals surface area contributed by atoms with Crippen molar-refractivity contribution >= 4 is 47.4 Å². The maximum Gasteiger partial charge on any atom is 0.195 e. The van der Waals surface area contributed by atoms with Gasteiger partial charge in [-0.1, -0.05) is 18.2 Å². The highest BCUT2D eigenvalue weighted by atomic mass is 127. The van der Waals surface area contributed by atoms with Gasteiger partial charge in [0.2, 0.25) is 0 Å². The molecule has 0 aliphatic heterocycles. The van der Waals surface area contributed by atoms with Crippen LogP contribution in [0.15, 0.2) is 58.4 Å². The van der Waals surface area contributed by atoms with Gasteiger partial charge >= 0.3 is 0 Å². The monoisotopic (exact) mass is 473 g/mol. The number of guanidine groups is 1. The second kappa shape index (κ2) is 11.9. The molecule has 2 rings (SSSR count). The lowest BCUT2D eigenvalue weighted by Gasteiger charge is -2.14. The van der Waals surface area contributed by atoms with Gasteiger partial charge in [0.15, 0.2) is 17.5 Å². The number of halogens is 1. The zero-order chi connectivity index (χ0) is 17.2. The molecule has 136 valence electrons. The molecule has 0 heterocycles. The molecule has 5 nitrogen and oxygen atoms in total. The van der Waals surface area contributed by atoms with Crippen molar-refractivity contribution < 1.29 is 9.47 Å². The van der Waals surface area contributed by atoms with Crippen LogP contribution in [0.25, 0.3) is 0 Å². The van der Waals surface area contributed by atoms with E-state index in [1.165, 1.54) is 4.90 Å². The molecular formula is C18H24IN3O2S. The van der Waals surface area contributed by atoms with Gasteiger partial charge < -0.3 is 20.1 Å². The van der Waals surface area contributed by atoms with E-state index in [4.69, 9.17) is 9.47 Å². The lowest BCUT2D eigenvalue weighted by molar-refractivity contribution is 0.355. The van der Waals surface area contributed by atoms with Gasteiger partial charge in [0.05, 0.1) is 14.2 Å². The molecule has 0 fully saturated rings. The molecule has 0 unspecified atom stereocenters. The predicted molar refractivity (Wildman–Crippen MR) is 117 cm³/mol. The van der Waals surface area contributed by atoms with E-state index < -0.39 is 0 Å². The summed E-state index contributed by atoms with van der Waals surface area (Å²) in [6, 6.07) is 16.0. The molecule has 0 spiro atoms. The minimum Gasteiger partial charge on any atom is -0.493 e. The lowest BCUT2D eigenvalue weighted by Crippen LogP contribution is -2.32. The van der Waals surface area contributed by atoms with Crippen molar-refractivity contribution in [2.45, 2.75) is 4.90 Å². The molecule has 2 N–H and O–H groups in total. The third-order valence-corrected chi connectivity index (χ3v) is 4.29. The van der Waals surface area contributed by atoms with Gasteiger partial charge in [-0.3, -0.25) is 4.99 Å². The van der Waals surface area contributed by atoms with E-state index in [1.54, 1.807) is 21.3 Å². The maximum absolute atomic E-state index is 5.31. The average Bonchev–Trinajstić information content (AvgIpc) is 2.64. The lowest BCUT2D eigenvalue weighted by atomic mass is 10.3. The van der Waals surface area contributed by atoms with Crippen LogP contribution in [-0.4, -0.2) is 39.5 Å². The molecule has 7 heteroatoms. The summed E-state index contributed by atoms with van der Waals surface area (Å²) in [5, 5.41) is 6.55. The Kier molecular flexibility index (Phi) is 10.2. The van der Waals surface area contributed by atoms with E-state index >= 15 is 0 Å². The third kappa shape index (κ3) is 7.03. The zero-order valence-electron chi connectivity index (χ0n) is 14.6. The van der Waals surface area contributed by atoms with Crippen LogP contribution in [0.5, 0.6) is 11.5 Å². The molecule has 0 saturated heterocycles. The Balaban J connectivity index is 0.00000312. The smallest absolute Gasteiger partial charge is 0.195 e. The van der Waals surface area contributed by atoms with Gasteiger partial charge in [-0.05, 0) is 24.3 Å². The summed E-state index contributed by atoms with van der Waals surface area (Å²) in [6.45, 7) is 0.812. The van der Waals surface area contributed by atoms with Gasteiger partial charge in [-0.15, -0.1) is 35.7 Å². The number of hydrogen-bond donors (Lipinski definition) is 2. The summed E-state index contributed by atoms with van der Waals surface area (Å²) >= 11 is 1.81. The second-order valence-corrected chi connectivity index (χ2v) is 6.02. The van der Waals surface area contributed by atoms with Crippen LogP contribution in [0, 0.1) is 0 Å². The molecule has 25 heavy (non-hydrogen) atoms. The van der Waals surface area contributed by atoms with Crippen LogP contribution in [-0.2, 0) is 0 Å². The summed E-state index contributed by atoms with van der Waals surface area (Å²) in [6.07, 6.45) is 0. The van der Waals surface area contributed by atoms with Gasteiger partial charge in [-0.2, -0.15) is 0 Å². The Morgan fingerprint density at radius 3 is 2.40 bits per heavy atom. The van der Waals surface area contributed by atoms with E-state index in [0.29, 0.717) is 11.5 Å². The molecule has 0 aliphatic rings. The van der Waals surface area contributed by atoms with E-state index in [-0.39, 0.29) is 24.0 Å². The minimum atomic E-state index is 0.